The summed E-state index contributed by atoms with van der Waals surface area (Å²) in [6.07, 6.45) is 0.981. The molecule has 1 fully saturated rings. The van der Waals surface area contributed by atoms with Crippen molar-refractivity contribution in [3.05, 3.63) is 53.6 Å². The van der Waals surface area contributed by atoms with Crippen LogP contribution in [0.2, 0.25) is 0 Å². The van der Waals surface area contributed by atoms with Gasteiger partial charge in [-0.1, -0.05) is 17.4 Å². The molecule has 2 heterocycles. The second-order valence-corrected chi connectivity index (χ2v) is 7.51. The fourth-order valence-corrected chi connectivity index (χ4v) is 4.43. The fraction of sp³-hybridized carbons (Fsp3) is 0.278. The number of nitrogens with zero attached hydrogens (tertiary/aromatic N) is 2. The molecule has 1 aromatic carbocycles. The number of aromatic nitrogens is 2. The van der Waals surface area contributed by atoms with E-state index in [1.165, 1.54) is 29.7 Å². The van der Waals surface area contributed by atoms with Crippen LogP contribution in [0.25, 0.3) is 10.2 Å². The highest BCUT2D eigenvalue weighted by atomic mass is 32.1. The number of nitrogens with two attached hydrogens (primary N) is 1. The Hall–Kier alpha value is -2.61. The summed E-state index contributed by atoms with van der Waals surface area (Å²) in [4.78, 5) is 20.1. The van der Waals surface area contributed by atoms with Gasteiger partial charge in [0.05, 0.1) is 21.5 Å². The second-order valence-electron chi connectivity index (χ2n) is 6.51. The van der Waals surface area contributed by atoms with Gasteiger partial charge in [0, 0.05) is 18.2 Å². The molecule has 26 heavy (non-hydrogen) atoms. The molecule has 2 aromatic heterocycles. The lowest BCUT2D eigenvalue weighted by molar-refractivity contribution is 0.0964. The molecule has 134 valence electrons. The first-order valence-corrected chi connectivity index (χ1v) is 8.98. The zero-order valence-corrected chi connectivity index (χ0v) is 14.5. The first-order chi connectivity index (χ1) is 12.5. The summed E-state index contributed by atoms with van der Waals surface area (Å²) in [5.74, 6) is -0.946. The number of primary amides is 1. The summed E-state index contributed by atoms with van der Waals surface area (Å²) in [6, 6.07) is 8.02. The molecule has 3 N–H and O–H groups in total. The smallest absolute Gasteiger partial charge is 0.250 e. The van der Waals surface area contributed by atoms with Crippen LogP contribution in [0.15, 0.2) is 36.5 Å². The Morgan fingerprint density at radius 2 is 2.15 bits per heavy atom. The number of anilines is 1. The van der Waals surface area contributed by atoms with Gasteiger partial charge in [-0.2, -0.15) is 0 Å². The maximum Gasteiger partial charge on any atom is 0.250 e. The fourth-order valence-electron chi connectivity index (χ4n) is 3.45. The van der Waals surface area contributed by atoms with E-state index in [1.54, 1.807) is 18.2 Å². The molecule has 0 bridgehead atoms. The van der Waals surface area contributed by atoms with E-state index in [0.29, 0.717) is 27.5 Å². The number of pyridine rings is 1. The minimum absolute atomic E-state index is 0.214. The van der Waals surface area contributed by atoms with Crippen molar-refractivity contribution in [1.82, 2.24) is 9.97 Å². The molecular formula is C18H16F2N4OS. The van der Waals surface area contributed by atoms with Gasteiger partial charge in [-0.05, 0) is 37.1 Å². The van der Waals surface area contributed by atoms with Gasteiger partial charge >= 0.3 is 0 Å². The molecule has 5 nitrogen and oxygen atoms in total. The Bertz CT molecular complexity index is 984. The minimum atomic E-state index is -0.963. The largest absolute Gasteiger partial charge is 0.366 e. The molecule has 8 heteroatoms. The minimum Gasteiger partial charge on any atom is -0.366 e. The van der Waals surface area contributed by atoms with Crippen LogP contribution < -0.4 is 11.1 Å². The molecule has 1 saturated carbocycles. The number of alkyl halides is 1. The number of halogens is 2. The van der Waals surface area contributed by atoms with Crippen molar-refractivity contribution >= 4 is 32.6 Å². The number of carbonyl (C=O) groups excluding carboxylic acids is 1. The predicted molar refractivity (Wildman–Crippen MR) is 96.6 cm³/mol. The maximum atomic E-state index is 14.2. The van der Waals surface area contributed by atoms with E-state index >= 15 is 0 Å². The van der Waals surface area contributed by atoms with Crippen LogP contribution in [0.3, 0.4) is 0 Å². The Balaban J connectivity index is 1.61. The third-order valence-electron chi connectivity index (χ3n) is 4.74. The molecule has 0 unspecified atom stereocenters. The first kappa shape index (κ1) is 16.8. The average molecular weight is 374 g/mol. The quantitative estimate of drug-likeness (QED) is 0.717. The van der Waals surface area contributed by atoms with Crippen molar-refractivity contribution in [2.24, 2.45) is 5.73 Å². The van der Waals surface area contributed by atoms with Crippen molar-refractivity contribution in [3.63, 3.8) is 0 Å². The van der Waals surface area contributed by atoms with Crippen LogP contribution in [0.5, 0.6) is 0 Å². The zero-order chi connectivity index (χ0) is 18.3. The van der Waals surface area contributed by atoms with Crippen molar-refractivity contribution < 1.29 is 13.6 Å². The van der Waals surface area contributed by atoms with Crippen molar-refractivity contribution in [1.29, 1.82) is 0 Å². The van der Waals surface area contributed by atoms with Gasteiger partial charge in [-0.3, -0.25) is 9.78 Å². The third-order valence-corrected chi connectivity index (χ3v) is 5.81. The number of hydrogen-bond acceptors (Lipinski definition) is 5. The van der Waals surface area contributed by atoms with Gasteiger partial charge in [0.25, 0.3) is 0 Å². The molecule has 0 radical (unpaired) electrons. The summed E-state index contributed by atoms with van der Waals surface area (Å²) in [5, 5.41) is 3.75. The van der Waals surface area contributed by atoms with E-state index < -0.39 is 23.3 Å². The number of hydrogen-bond donors (Lipinski definition) is 2. The van der Waals surface area contributed by atoms with E-state index in [1.807, 2.05) is 0 Å². The molecule has 4 rings (SSSR count). The molecule has 1 aliphatic carbocycles. The monoisotopic (exact) mass is 374 g/mol. The Morgan fingerprint density at radius 3 is 2.85 bits per heavy atom. The van der Waals surface area contributed by atoms with Crippen LogP contribution in [-0.2, 0) is 5.41 Å². The van der Waals surface area contributed by atoms with Gasteiger partial charge in [-0.25, -0.2) is 13.8 Å². The molecule has 0 spiro atoms. The van der Waals surface area contributed by atoms with Gasteiger partial charge < -0.3 is 11.1 Å². The van der Waals surface area contributed by atoms with E-state index in [0.717, 1.165) is 0 Å². The number of thiazole rings is 1. The highest BCUT2D eigenvalue weighted by Gasteiger charge is 2.48. The van der Waals surface area contributed by atoms with Gasteiger partial charge in [0.1, 0.15) is 12.0 Å². The SMILES string of the molecule is NC(=O)c1cccc2nc(NC[C@]3(c4ncccc4F)C[C@H](F)C3)sc12. The Labute approximate surface area is 152 Å². The van der Waals surface area contributed by atoms with Gasteiger partial charge in [0.2, 0.25) is 5.91 Å². The third kappa shape index (κ3) is 2.80. The lowest BCUT2D eigenvalue weighted by Crippen LogP contribution is -2.48. The molecule has 1 aliphatic rings. The zero-order valence-electron chi connectivity index (χ0n) is 13.7. The lowest BCUT2D eigenvalue weighted by atomic mass is 9.65. The summed E-state index contributed by atoms with van der Waals surface area (Å²) in [7, 11) is 0. The average Bonchev–Trinajstić information content (AvgIpc) is 3.01. The highest BCUT2D eigenvalue weighted by Crippen LogP contribution is 2.46. The summed E-state index contributed by atoms with van der Waals surface area (Å²) in [6.45, 7) is 0.313. The van der Waals surface area contributed by atoms with E-state index in [2.05, 4.69) is 15.3 Å². The summed E-state index contributed by atoms with van der Waals surface area (Å²) >= 11 is 1.30. The van der Waals surface area contributed by atoms with Crippen LogP contribution in [0, 0.1) is 5.82 Å². The maximum absolute atomic E-state index is 14.2. The van der Waals surface area contributed by atoms with E-state index in [4.69, 9.17) is 5.73 Å². The molecular weight excluding hydrogens is 358 g/mol. The number of amides is 1. The summed E-state index contributed by atoms with van der Waals surface area (Å²) < 4.78 is 28.5. The normalized spacial score (nSPS) is 22.2. The molecule has 3 aromatic rings. The molecule has 0 atom stereocenters. The lowest BCUT2D eigenvalue weighted by Gasteiger charge is -2.43. The van der Waals surface area contributed by atoms with Crippen LogP contribution in [-0.4, -0.2) is 28.6 Å². The van der Waals surface area contributed by atoms with Crippen LogP contribution in [0.1, 0.15) is 28.9 Å². The standard InChI is InChI=1S/C18H16F2N4OS/c19-10-7-18(8-10,15-12(20)4-2-6-22-15)9-23-17-24-13-5-1-3-11(16(21)25)14(13)26-17/h1-6,10H,7-9H2,(H2,21,25)(H,23,24)/t10-,18-. The second kappa shape index (κ2) is 6.28. The van der Waals surface area contributed by atoms with Crippen molar-refractivity contribution in [2.75, 3.05) is 11.9 Å². The van der Waals surface area contributed by atoms with Crippen LogP contribution >= 0.6 is 11.3 Å². The number of nitrogens with one attached hydrogen (secondary N) is 1. The number of carbonyl (C=O) groups is 1. The number of rotatable bonds is 5. The summed E-state index contributed by atoms with van der Waals surface area (Å²) in [5.41, 5.74) is 6.04. The first-order valence-electron chi connectivity index (χ1n) is 8.17. The van der Waals surface area contributed by atoms with Gasteiger partial charge in [-0.15, -0.1) is 0 Å². The topological polar surface area (TPSA) is 80.9 Å². The highest BCUT2D eigenvalue weighted by molar-refractivity contribution is 7.22. The van der Waals surface area contributed by atoms with E-state index in [9.17, 15) is 13.6 Å². The van der Waals surface area contributed by atoms with E-state index in [-0.39, 0.29) is 18.5 Å². The molecule has 0 aliphatic heterocycles. The Morgan fingerprint density at radius 1 is 1.35 bits per heavy atom. The Kier molecular flexibility index (Phi) is 4.07. The van der Waals surface area contributed by atoms with Gasteiger partial charge in [0.15, 0.2) is 5.13 Å². The van der Waals surface area contributed by atoms with Crippen LogP contribution in [0.4, 0.5) is 13.9 Å². The number of fused-ring (bicyclic) bond motifs is 1. The predicted octanol–water partition coefficient (Wildman–Crippen LogP) is 3.41. The number of benzene rings is 1. The molecule has 1 amide bonds. The van der Waals surface area contributed by atoms with Crippen molar-refractivity contribution in [2.45, 2.75) is 24.4 Å². The van der Waals surface area contributed by atoms with Crippen molar-refractivity contribution in [3.8, 4) is 0 Å². The molecule has 0 saturated heterocycles.